The summed E-state index contributed by atoms with van der Waals surface area (Å²) in [6.07, 6.45) is 3.38. The first-order chi connectivity index (χ1) is 19.0. The highest BCUT2D eigenvalue weighted by atomic mass is 16.5. The molecule has 0 saturated carbocycles. The van der Waals surface area contributed by atoms with Gasteiger partial charge in [0, 0.05) is 79.9 Å². The van der Waals surface area contributed by atoms with E-state index < -0.39 is 0 Å². The van der Waals surface area contributed by atoms with E-state index >= 15 is 0 Å². The molecule has 11 nitrogen and oxygen atoms in total. The Hall–Kier alpha value is -4.64. The minimum Gasteiger partial charge on any atom is -0.369 e. The second-order valence-corrected chi connectivity index (χ2v) is 9.61. The van der Waals surface area contributed by atoms with Crippen molar-refractivity contribution in [3.05, 3.63) is 71.1 Å². The summed E-state index contributed by atoms with van der Waals surface area (Å²) in [4.78, 5) is 36.0. The standard InChI is InChI=1S/C28H29N9O2/c1-4-37-26-20(15-23(27(37)38)19-5-10-24(29-16-19)25-31-18(2)39-34-25)17-30-28(33-26)32-21-6-8-22(9-7-21)36-13-11-35(3)12-14-36/h5-10,15-17H,4,11-14H2,1-3H3,(H,30,32,33). The van der Waals surface area contributed by atoms with Crippen LogP contribution in [0.2, 0.25) is 0 Å². The molecule has 0 spiro atoms. The number of rotatable bonds is 6. The van der Waals surface area contributed by atoms with E-state index in [4.69, 9.17) is 9.51 Å². The fourth-order valence-electron chi connectivity index (χ4n) is 4.76. The molecule has 5 aromatic rings. The lowest BCUT2D eigenvalue weighted by Crippen LogP contribution is -2.44. The van der Waals surface area contributed by atoms with E-state index in [0.717, 1.165) is 37.3 Å². The van der Waals surface area contributed by atoms with E-state index in [1.807, 2.05) is 31.2 Å². The Morgan fingerprint density at radius 3 is 2.44 bits per heavy atom. The zero-order valence-electron chi connectivity index (χ0n) is 22.1. The number of pyridine rings is 2. The Kier molecular flexibility index (Phi) is 6.49. The van der Waals surface area contributed by atoms with E-state index in [0.29, 0.717) is 46.7 Å². The molecule has 0 amide bonds. The van der Waals surface area contributed by atoms with Crippen molar-refractivity contribution in [2.24, 2.45) is 0 Å². The molecule has 0 bridgehead atoms. The van der Waals surface area contributed by atoms with Gasteiger partial charge in [-0.2, -0.15) is 9.97 Å². The van der Waals surface area contributed by atoms with Crippen LogP contribution < -0.4 is 15.8 Å². The maximum Gasteiger partial charge on any atom is 0.260 e. The predicted molar refractivity (Wildman–Crippen MR) is 150 cm³/mol. The largest absolute Gasteiger partial charge is 0.369 e. The molecule has 11 heteroatoms. The summed E-state index contributed by atoms with van der Waals surface area (Å²) < 4.78 is 6.69. The van der Waals surface area contributed by atoms with E-state index in [1.165, 1.54) is 5.69 Å². The Balaban J connectivity index is 1.26. The molecule has 1 fully saturated rings. The van der Waals surface area contributed by atoms with Gasteiger partial charge in [-0.1, -0.05) is 11.2 Å². The third-order valence-corrected chi connectivity index (χ3v) is 6.97. The minimum atomic E-state index is -0.142. The van der Waals surface area contributed by atoms with Crippen LogP contribution in [0.4, 0.5) is 17.3 Å². The normalized spacial score (nSPS) is 14.2. The number of aromatic nitrogens is 6. The Morgan fingerprint density at radius 2 is 1.77 bits per heavy atom. The summed E-state index contributed by atoms with van der Waals surface area (Å²) in [6, 6.07) is 13.7. The van der Waals surface area contributed by atoms with E-state index in [1.54, 1.807) is 30.0 Å². The maximum absolute atomic E-state index is 13.5. The Morgan fingerprint density at radius 1 is 0.974 bits per heavy atom. The second kappa shape index (κ2) is 10.3. The van der Waals surface area contributed by atoms with E-state index in [9.17, 15) is 4.79 Å². The van der Waals surface area contributed by atoms with E-state index in [2.05, 4.69) is 54.4 Å². The van der Waals surface area contributed by atoms with Gasteiger partial charge in [-0.3, -0.25) is 14.3 Å². The van der Waals surface area contributed by atoms with Gasteiger partial charge in [-0.25, -0.2) is 4.98 Å². The number of hydrogen-bond acceptors (Lipinski definition) is 10. The lowest BCUT2D eigenvalue weighted by atomic mass is 10.1. The van der Waals surface area contributed by atoms with Crippen LogP contribution >= 0.6 is 0 Å². The summed E-state index contributed by atoms with van der Waals surface area (Å²) in [6.45, 7) is 8.28. The van der Waals surface area contributed by atoms with Crippen molar-refractivity contribution >= 4 is 28.4 Å². The fourth-order valence-corrected chi connectivity index (χ4v) is 4.76. The number of anilines is 3. The fraction of sp³-hybridized carbons (Fsp3) is 0.286. The van der Waals surface area contributed by atoms with Gasteiger partial charge in [-0.05, 0) is 50.4 Å². The summed E-state index contributed by atoms with van der Waals surface area (Å²) in [5.41, 5.74) is 4.31. The van der Waals surface area contributed by atoms with Gasteiger partial charge in [0.25, 0.3) is 5.56 Å². The van der Waals surface area contributed by atoms with Crippen LogP contribution in [0.1, 0.15) is 12.8 Å². The van der Waals surface area contributed by atoms with Gasteiger partial charge in [0.15, 0.2) is 0 Å². The second-order valence-electron chi connectivity index (χ2n) is 9.61. The molecule has 198 valence electrons. The van der Waals surface area contributed by atoms with E-state index in [-0.39, 0.29) is 5.56 Å². The first-order valence-corrected chi connectivity index (χ1v) is 13.0. The highest BCUT2D eigenvalue weighted by Gasteiger charge is 2.16. The zero-order valence-corrected chi connectivity index (χ0v) is 22.1. The molecule has 0 aliphatic carbocycles. The smallest absolute Gasteiger partial charge is 0.260 e. The molecule has 5 heterocycles. The summed E-state index contributed by atoms with van der Waals surface area (Å²) in [7, 11) is 2.15. The number of benzene rings is 1. The van der Waals surface area contributed by atoms with Crippen LogP contribution in [0.5, 0.6) is 0 Å². The van der Waals surface area contributed by atoms with Crippen molar-refractivity contribution in [2.75, 3.05) is 43.4 Å². The molecule has 1 aliphatic rings. The Labute approximate surface area is 225 Å². The lowest BCUT2D eigenvalue weighted by molar-refractivity contribution is 0.313. The molecular weight excluding hydrogens is 494 g/mol. The van der Waals surface area contributed by atoms with Crippen LogP contribution in [0.15, 0.2) is 64.2 Å². The van der Waals surface area contributed by atoms with Crippen molar-refractivity contribution in [1.29, 1.82) is 0 Å². The summed E-state index contributed by atoms with van der Waals surface area (Å²) in [5.74, 6) is 1.31. The molecular formula is C28H29N9O2. The number of fused-ring (bicyclic) bond motifs is 1. The number of nitrogens with zero attached hydrogens (tertiary/aromatic N) is 8. The molecule has 1 aromatic carbocycles. The van der Waals surface area contributed by atoms with Crippen molar-refractivity contribution in [3.63, 3.8) is 0 Å². The van der Waals surface area contributed by atoms with Crippen LogP contribution in [-0.2, 0) is 6.54 Å². The van der Waals surface area contributed by atoms with Crippen LogP contribution in [0, 0.1) is 6.92 Å². The summed E-state index contributed by atoms with van der Waals surface area (Å²) >= 11 is 0. The molecule has 1 aliphatic heterocycles. The molecule has 0 radical (unpaired) electrons. The van der Waals surface area contributed by atoms with Crippen LogP contribution in [-0.4, -0.2) is 67.8 Å². The van der Waals surface area contributed by atoms with Gasteiger partial charge >= 0.3 is 0 Å². The van der Waals surface area contributed by atoms with Gasteiger partial charge in [0.05, 0.1) is 0 Å². The maximum atomic E-state index is 13.5. The first-order valence-electron chi connectivity index (χ1n) is 13.0. The quantitative estimate of drug-likeness (QED) is 0.353. The minimum absolute atomic E-state index is 0.142. The predicted octanol–water partition coefficient (Wildman–Crippen LogP) is 3.73. The van der Waals surface area contributed by atoms with Crippen LogP contribution in [0.3, 0.4) is 0 Å². The zero-order chi connectivity index (χ0) is 26.9. The molecule has 0 unspecified atom stereocenters. The molecule has 1 saturated heterocycles. The van der Waals surface area contributed by atoms with Crippen molar-refractivity contribution < 1.29 is 4.52 Å². The third kappa shape index (κ3) is 4.96. The monoisotopic (exact) mass is 523 g/mol. The topological polar surface area (TPSA) is 118 Å². The van der Waals surface area contributed by atoms with Crippen molar-refractivity contribution in [1.82, 2.24) is 34.6 Å². The molecule has 4 aromatic heterocycles. The molecule has 6 rings (SSSR count). The number of hydrogen-bond donors (Lipinski definition) is 1. The average molecular weight is 524 g/mol. The SMILES string of the molecule is CCn1c(=O)c(-c2ccc(-c3noc(C)n3)nc2)cc2cnc(Nc3ccc(N4CCN(C)CC4)cc3)nc21. The van der Waals surface area contributed by atoms with Crippen LogP contribution in [0.25, 0.3) is 33.7 Å². The van der Waals surface area contributed by atoms with Gasteiger partial charge in [-0.15, -0.1) is 0 Å². The molecule has 1 N–H and O–H groups in total. The van der Waals surface area contributed by atoms with Gasteiger partial charge < -0.3 is 19.6 Å². The molecule has 0 atom stereocenters. The van der Waals surface area contributed by atoms with Crippen molar-refractivity contribution in [2.45, 2.75) is 20.4 Å². The average Bonchev–Trinajstić information content (AvgIpc) is 3.40. The highest BCUT2D eigenvalue weighted by molar-refractivity contribution is 5.82. The number of nitrogens with one attached hydrogen (secondary N) is 1. The highest BCUT2D eigenvalue weighted by Crippen LogP contribution is 2.24. The number of aryl methyl sites for hydroxylation is 2. The summed E-state index contributed by atoms with van der Waals surface area (Å²) in [5, 5.41) is 7.94. The van der Waals surface area contributed by atoms with Gasteiger partial charge in [0.2, 0.25) is 17.7 Å². The Bertz CT molecular complexity index is 1670. The van der Waals surface area contributed by atoms with Crippen molar-refractivity contribution in [3.8, 4) is 22.6 Å². The van der Waals surface area contributed by atoms with Gasteiger partial charge in [0.1, 0.15) is 11.3 Å². The number of likely N-dealkylation sites (N-methyl/N-ethyl adjacent to an activating group) is 1. The number of piperazine rings is 1. The third-order valence-electron chi connectivity index (χ3n) is 6.97. The lowest BCUT2D eigenvalue weighted by Gasteiger charge is -2.34. The first kappa shape index (κ1) is 24.7. The molecule has 39 heavy (non-hydrogen) atoms.